The van der Waals surface area contributed by atoms with Gasteiger partial charge in [-0.25, -0.2) is 0 Å². The van der Waals surface area contributed by atoms with E-state index in [2.05, 4.69) is 46.3 Å². The quantitative estimate of drug-likeness (QED) is 0.546. The van der Waals surface area contributed by atoms with Crippen molar-refractivity contribution in [2.24, 2.45) is 5.41 Å². The molecule has 0 saturated heterocycles. The smallest absolute Gasteiger partial charge is 0.0530 e. The van der Waals surface area contributed by atoms with Gasteiger partial charge in [0.25, 0.3) is 0 Å². The molecule has 0 aromatic heterocycles. The second-order valence-electron chi connectivity index (χ2n) is 4.78. The predicted octanol–water partition coefficient (Wildman–Crippen LogP) is 3.81. The van der Waals surface area contributed by atoms with Crippen molar-refractivity contribution < 1.29 is 4.74 Å². The molecular formula is C14H19BrO. The molecule has 1 aromatic rings. The van der Waals surface area contributed by atoms with E-state index in [1.807, 2.05) is 0 Å². The molecule has 0 atom stereocenters. The predicted molar refractivity (Wildman–Crippen MR) is 71.0 cm³/mol. The van der Waals surface area contributed by atoms with Crippen molar-refractivity contribution >= 4 is 15.9 Å². The highest BCUT2D eigenvalue weighted by Crippen LogP contribution is 2.47. The van der Waals surface area contributed by atoms with Gasteiger partial charge in [0.15, 0.2) is 0 Å². The monoisotopic (exact) mass is 282 g/mol. The minimum Gasteiger partial charge on any atom is -0.381 e. The number of benzene rings is 1. The van der Waals surface area contributed by atoms with Crippen LogP contribution in [-0.4, -0.2) is 18.5 Å². The van der Waals surface area contributed by atoms with Gasteiger partial charge < -0.3 is 4.74 Å². The van der Waals surface area contributed by atoms with E-state index < -0.39 is 0 Å². The summed E-state index contributed by atoms with van der Waals surface area (Å²) in [7, 11) is 0. The van der Waals surface area contributed by atoms with Crippen LogP contribution in [0.2, 0.25) is 0 Å². The summed E-state index contributed by atoms with van der Waals surface area (Å²) in [5, 5.41) is 1.10. The molecule has 2 heteroatoms. The standard InChI is InChI=1S/C14H19BrO/c15-11-14(8-9-14)12-16-10-4-7-13-5-2-1-3-6-13/h1-3,5-6H,4,7-12H2. The fraction of sp³-hybridized carbons (Fsp3) is 0.571. The van der Waals surface area contributed by atoms with Crippen molar-refractivity contribution in [2.45, 2.75) is 25.7 Å². The lowest BCUT2D eigenvalue weighted by molar-refractivity contribution is 0.0967. The zero-order valence-corrected chi connectivity index (χ0v) is 11.2. The Morgan fingerprint density at radius 1 is 1.19 bits per heavy atom. The summed E-state index contributed by atoms with van der Waals surface area (Å²) in [6, 6.07) is 10.6. The zero-order valence-electron chi connectivity index (χ0n) is 9.62. The van der Waals surface area contributed by atoms with E-state index in [0.717, 1.165) is 31.4 Å². The van der Waals surface area contributed by atoms with Crippen molar-refractivity contribution in [2.75, 3.05) is 18.5 Å². The lowest BCUT2D eigenvalue weighted by atomic mass is 10.1. The van der Waals surface area contributed by atoms with Gasteiger partial charge in [0.05, 0.1) is 6.61 Å². The maximum atomic E-state index is 5.74. The number of ether oxygens (including phenoxy) is 1. The lowest BCUT2D eigenvalue weighted by Crippen LogP contribution is -2.12. The molecule has 0 heterocycles. The molecule has 1 saturated carbocycles. The van der Waals surface area contributed by atoms with Crippen LogP contribution in [0.25, 0.3) is 0 Å². The fourth-order valence-electron chi connectivity index (χ4n) is 1.81. The van der Waals surface area contributed by atoms with Crippen molar-refractivity contribution in [3.8, 4) is 0 Å². The van der Waals surface area contributed by atoms with Crippen molar-refractivity contribution in [1.82, 2.24) is 0 Å². The second kappa shape index (κ2) is 5.83. The van der Waals surface area contributed by atoms with Gasteiger partial charge >= 0.3 is 0 Å². The third kappa shape index (κ3) is 3.60. The van der Waals surface area contributed by atoms with E-state index in [4.69, 9.17) is 4.74 Å². The summed E-state index contributed by atoms with van der Waals surface area (Å²) in [5.41, 5.74) is 1.90. The Morgan fingerprint density at radius 3 is 2.56 bits per heavy atom. The van der Waals surface area contributed by atoms with E-state index in [1.54, 1.807) is 0 Å². The molecule has 1 aromatic carbocycles. The molecule has 0 bridgehead atoms. The van der Waals surface area contributed by atoms with Gasteiger partial charge in [0, 0.05) is 17.4 Å². The first kappa shape index (κ1) is 12.1. The van der Waals surface area contributed by atoms with Crippen LogP contribution in [-0.2, 0) is 11.2 Å². The molecular weight excluding hydrogens is 264 g/mol. The molecule has 1 nitrogen and oxygen atoms in total. The van der Waals surface area contributed by atoms with Crippen LogP contribution in [0.5, 0.6) is 0 Å². The molecule has 0 amide bonds. The van der Waals surface area contributed by atoms with Gasteiger partial charge in [0.1, 0.15) is 0 Å². The Kier molecular flexibility index (Phi) is 4.42. The minimum absolute atomic E-state index is 0.493. The van der Waals surface area contributed by atoms with Gasteiger partial charge in [-0.15, -0.1) is 0 Å². The largest absolute Gasteiger partial charge is 0.381 e. The average Bonchev–Trinajstić information content (AvgIpc) is 3.11. The average molecular weight is 283 g/mol. The number of rotatable bonds is 7. The van der Waals surface area contributed by atoms with Crippen LogP contribution in [0, 0.1) is 5.41 Å². The van der Waals surface area contributed by atoms with Crippen LogP contribution in [0.3, 0.4) is 0 Å². The van der Waals surface area contributed by atoms with E-state index >= 15 is 0 Å². The number of hydrogen-bond donors (Lipinski definition) is 0. The van der Waals surface area contributed by atoms with Crippen LogP contribution in [0.15, 0.2) is 30.3 Å². The van der Waals surface area contributed by atoms with Crippen LogP contribution in [0.1, 0.15) is 24.8 Å². The number of halogens is 1. The second-order valence-corrected chi connectivity index (χ2v) is 5.34. The number of alkyl halides is 1. The highest BCUT2D eigenvalue weighted by Gasteiger charge is 2.41. The molecule has 1 aliphatic carbocycles. The molecule has 1 aliphatic rings. The van der Waals surface area contributed by atoms with E-state index in [1.165, 1.54) is 18.4 Å². The maximum absolute atomic E-state index is 5.74. The van der Waals surface area contributed by atoms with Crippen LogP contribution in [0.4, 0.5) is 0 Å². The normalized spacial score (nSPS) is 17.3. The summed E-state index contributed by atoms with van der Waals surface area (Å²) >= 11 is 3.56. The number of aryl methyl sites for hydroxylation is 1. The molecule has 16 heavy (non-hydrogen) atoms. The highest BCUT2D eigenvalue weighted by molar-refractivity contribution is 9.09. The molecule has 88 valence electrons. The number of hydrogen-bond acceptors (Lipinski definition) is 1. The van der Waals surface area contributed by atoms with Crippen LogP contribution >= 0.6 is 15.9 Å². The first-order valence-electron chi connectivity index (χ1n) is 6.02. The Bertz CT molecular complexity index is 306. The first-order chi connectivity index (χ1) is 7.85. The van der Waals surface area contributed by atoms with Gasteiger partial charge in [-0.2, -0.15) is 0 Å². The van der Waals surface area contributed by atoms with Gasteiger partial charge in [-0.05, 0) is 31.2 Å². The Labute approximate surface area is 106 Å². The maximum Gasteiger partial charge on any atom is 0.0530 e. The first-order valence-corrected chi connectivity index (χ1v) is 7.14. The summed E-state index contributed by atoms with van der Waals surface area (Å²) < 4.78 is 5.74. The zero-order chi connectivity index (χ0) is 11.3. The molecule has 2 rings (SSSR count). The SMILES string of the molecule is BrCC1(COCCCc2ccccc2)CC1. The van der Waals surface area contributed by atoms with Crippen LogP contribution < -0.4 is 0 Å². The Morgan fingerprint density at radius 2 is 1.94 bits per heavy atom. The Hall–Kier alpha value is -0.340. The summed E-state index contributed by atoms with van der Waals surface area (Å²) in [4.78, 5) is 0. The van der Waals surface area contributed by atoms with E-state index in [0.29, 0.717) is 5.41 Å². The van der Waals surface area contributed by atoms with Crippen molar-refractivity contribution in [3.63, 3.8) is 0 Å². The molecule has 1 fully saturated rings. The van der Waals surface area contributed by atoms with Gasteiger partial charge in [0.2, 0.25) is 0 Å². The van der Waals surface area contributed by atoms with Crippen molar-refractivity contribution in [3.05, 3.63) is 35.9 Å². The molecule has 0 unspecified atom stereocenters. The molecule has 0 N–H and O–H groups in total. The Balaban J connectivity index is 1.56. The van der Waals surface area contributed by atoms with E-state index in [-0.39, 0.29) is 0 Å². The summed E-state index contributed by atoms with van der Waals surface area (Å²) in [6.45, 7) is 1.83. The third-order valence-electron chi connectivity index (χ3n) is 3.25. The van der Waals surface area contributed by atoms with Gasteiger partial charge in [-0.1, -0.05) is 46.3 Å². The molecule has 0 aliphatic heterocycles. The van der Waals surface area contributed by atoms with E-state index in [9.17, 15) is 0 Å². The fourth-order valence-corrected chi connectivity index (χ4v) is 2.53. The van der Waals surface area contributed by atoms with Gasteiger partial charge in [-0.3, -0.25) is 0 Å². The summed E-state index contributed by atoms with van der Waals surface area (Å²) in [6.07, 6.45) is 4.92. The molecule has 0 radical (unpaired) electrons. The third-order valence-corrected chi connectivity index (χ3v) is 4.44. The summed E-state index contributed by atoms with van der Waals surface area (Å²) in [5.74, 6) is 0. The highest BCUT2D eigenvalue weighted by atomic mass is 79.9. The van der Waals surface area contributed by atoms with Crippen molar-refractivity contribution in [1.29, 1.82) is 0 Å². The molecule has 0 spiro atoms. The lowest BCUT2D eigenvalue weighted by Gasteiger charge is -2.11. The minimum atomic E-state index is 0.493. The topological polar surface area (TPSA) is 9.23 Å².